The fourth-order valence-corrected chi connectivity index (χ4v) is 8.13. The normalized spacial score (nSPS) is 22.5. The minimum Gasteiger partial charge on any atom is -0.504 e. The number of imide groups is 1. The zero-order valence-corrected chi connectivity index (χ0v) is 29.5. The molecule has 2 saturated heterocycles. The van der Waals surface area contributed by atoms with E-state index >= 15 is 0 Å². The Labute approximate surface area is 308 Å². The molecule has 0 unspecified atom stereocenters. The average Bonchev–Trinajstić information content (AvgIpc) is 3.35. The first-order valence-electron chi connectivity index (χ1n) is 16.2. The molecule has 2 fully saturated rings. The van der Waals surface area contributed by atoms with Gasteiger partial charge in [-0.15, -0.1) is 0 Å². The number of hydrogen-bond acceptors (Lipinski definition) is 7. The van der Waals surface area contributed by atoms with Gasteiger partial charge >= 0.3 is 19.5 Å². The molecule has 3 N–H and O–H groups in total. The standard InChI is InChI=1S/C36H31BF6INO7/c1-51-29-11-18(10-27(44)32(29)47)9-20(19-5-3-2-4-6-19)7-8-28-30-21(17-46)12-25-31(26(30)16-37(50)52-28)34(49)45(33(25)48)24-14-22(35(38,39)40)13-23(15-24)36(41,42)43/h2-6,9-11,13-15,25-26,28,31,46-47,50H,7-8,12,16-17H2,1H3/b20-9-/t25-,26+,28-,31-/m1/s1. The molecule has 2 heterocycles. The number of rotatable bonds is 8. The van der Waals surface area contributed by atoms with Gasteiger partial charge in [0.05, 0.1) is 52.0 Å². The van der Waals surface area contributed by atoms with Crippen LogP contribution in [0.1, 0.15) is 41.5 Å². The third-order valence-electron chi connectivity index (χ3n) is 9.76. The molecule has 2 aliphatic heterocycles. The van der Waals surface area contributed by atoms with E-state index in [4.69, 9.17) is 9.39 Å². The van der Waals surface area contributed by atoms with Gasteiger partial charge in [-0.25, -0.2) is 4.90 Å². The quantitative estimate of drug-likeness (QED) is 0.0543. The maximum absolute atomic E-state index is 14.0. The molecule has 0 saturated carbocycles. The van der Waals surface area contributed by atoms with Gasteiger partial charge in [-0.2, -0.15) is 26.3 Å². The van der Waals surface area contributed by atoms with E-state index in [1.807, 2.05) is 59.0 Å². The number of ether oxygens (including phenoxy) is 1. The van der Waals surface area contributed by atoms with Crippen molar-refractivity contribution < 1.29 is 60.6 Å². The van der Waals surface area contributed by atoms with Gasteiger partial charge < -0.3 is 24.6 Å². The number of alkyl halides is 6. The van der Waals surface area contributed by atoms with Gasteiger partial charge in [0.15, 0.2) is 11.5 Å². The lowest BCUT2D eigenvalue weighted by Crippen LogP contribution is -2.46. The minimum absolute atomic E-state index is 0.0106. The molecule has 3 aromatic rings. The number of carbonyl (C=O) groups excluding carboxylic acids is 2. The highest BCUT2D eigenvalue weighted by atomic mass is 127. The van der Waals surface area contributed by atoms with Crippen LogP contribution < -0.4 is 9.64 Å². The molecule has 3 aromatic carbocycles. The molecule has 0 spiro atoms. The summed E-state index contributed by atoms with van der Waals surface area (Å²) in [6.07, 6.45) is -9.17. The van der Waals surface area contributed by atoms with E-state index in [-0.39, 0.29) is 36.7 Å². The Morgan fingerprint density at radius 2 is 1.65 bits per heavy atom. The summed E-state index contributed by atoms with van der Waals surface area (Å²) in [5, 5.41) is 31.7. The van der Waals surface area contributed by atoms with Crippen LogP contribution in [0.4, 0.5) is 32.0 Å². The number of hydrogen-bond donors (Lipinski definition) is 3. The highest BCUT2D eigenvalue weighted by Crippen LogP contribution is 2.52. The van der Waals surface area contributed by atoms with Crippen LogP contribution in [0.3, 0.4) is 0 Å². The Kier molecular flexibility index (Phi) is 10.6. The molecule has 2 amide bonds. The van der Waals surface area contributed by atoms with Gasteiger partial charge in [0.1, 0.15) is 0 Å². The van der Waals surface area contributed by atoms with Gasteiger partial charge in [0, 0.05) is 0 Å². The molecule has 0 bridgehead atoms. The highest BCUT2D eigenvalue weighted by Gasteiger charge is 2.58. The number of phenolic OH excluding ortho intramolecular Hbond substituents is 1. The van der Waals surface area contributed by atoms with E-state index in [0.717, 1.165) is 16.7 Å². The van der Waals surface area contributed by atoms with Crippen LogP contribution in [0.2, 0.25) is 6.32 Å². The lowest BCUT2D eigenvalue weighted by molar-refractivity contribution is -0.143. The molecular weight excluding hydrogens is 810 g/mol. The van der Waals surface area contributed by atoms with E-state index < -0.39 is 78.6 Å². The molecule has 8 nitrogen and oxygen atoms in total. The largest absolute Gasteiger partial charge is 0.504 e. The van der Waals surface area contributed by atoms with Crippen molar-refractivity contribution >= 4 is 58.9 Å². The molecule has 6 rings (SSSR count). The van der Waals surface area contributed by atoms with Crippen LogP contribution >= 0.6 is 22.6 Å². The van der Waals surface area contributed by atoms with E-state index in [0.29, 0.717) is 38.2 Å². The first-order chi connectivity index (χ1) is 24.5. The van der Waals surface area contributed by atoms with Gasteiger partial charge in [0.2, 0.25) is 11.8 Å². The molecule has 4 atom stereocenters. The van der Waals surface area contributed by atoms with Crippen molar-refractivity contribution in [3.8, 4) is 11.5 Å². The maximum Gasteiger partial charge on any atom is 0.455 e. The summed E-state index contributed by atoms with van der Waals surface area (Å²) in [5.74, 6) is -5.02. The number of methoxy groups -OCH3 is 1. The van der Waals surface area contributed by atoms with Crippen LogP contribution in [0.5, 0.6) is 11.5 Å². The van der Waals surface area contributed by atoms with Crippen molar-refractivity contribution in [3.63, 3.8) is 0 Å². The number of benzene rings is 3. The number of fused-ring (bicyclic) bond motifs is 3. The minimum atomic E-state index is -5.20. The van der Waals surface area contributed by atoms with Crippen LogP contribution in [-0.2, 0) is 26.6 Å². The second-order valence-corrected chi connectivity index (χ2v) is 14.0. The fraction of sp³-hybridized carbons (Fsp3) is 0.333. The third kappa shape index (κ3) is 7.34. The molecule has 1 aliphatic carbocycles. The number of amides is 2. The second kappa shape index (κ2) is 14.5. The maximum atomic E-state index is 14.0. The van der Waals surface area contributed by atoms with Gasteiger partial charge in [-0.05, 0) is 112 Å². The summed E-state index contributed by atoms with van der Waals surface area (Å²) in [5.41, 5.74) is -0.981. The zero-order valence-electron chi connectivity index (χ0n) is 27.3. The summed E-state index contributed by atoms with van der Waals surface area (Å²) in [4.78, 5) is 28.1. The number of aliphatic hydroxyl groups is 1. The van der Waals surface area contributed by atoms with E-state index in [9.17, 15) is 51.2 Å². The first-order valence-corrected chi connectivity index (χ1v) is 17.3. The van der Waals surface area contributed by atoms with Crippen molar-refractivity contribution in [1.82, 2.24) is 0 Å². The molecular formula is C36H31BF6INO7. The number of carbonyl (C=O) groups is 2. The van der Waals surface area contributed by atoms with Crippen molar-refractivity contribution in [1.29, 1.82) is 0 Å². The number of aromatic hydroxyl groups is 1. The Morgan fingerprint density at radius 3 is 2.25 bits per heavy atom. The Morgan fingerprint density at radius 1 is 1.00 bits per heavy atom. The number of aliphatic hydroxyl groups excluding tert-OH is 1. The third-order valence-corrected chi connectivity index (χ3v) is 10.6. The van der Waals surface area contributed by atoms with Crippen LogP contribution in [0.25, 0.3) is 11.6 Å². The molecule has 3 aliphatic rings. The predicted octanol–water partition coefficient (Wildman–Crippen LogP) is 7.36. The van der Waals surface area contributed by atoms with Crippen LogP contribution in [0, 0.1) is 21.3 Å². The van der Waals surface area contributed by atoms with Crippen molar-refractivity contribution in [2.75, 3.05) is 18.6 Å². The average molecular weight is 841 g/mol. The molecule has 16 heteroatoms. The Hall–Kier alpha value is -3.87. The van der Waals surface area contributed by atoms with Crippen molar-refractivity contribution in [3.05, 3.63) is 97.6 Å². The lowest BCUT2D eigenvalue weighted by Gasteiger charge is -2.43. The first kappa shape index (κ1) is 37.9. The number of halogens is 7. The van der Waals surface area contributed by atoms with Crippen LogP contribution in [0.15, 0.2) is 71.8 Å². The monoisotopic (exact) mass is 841 g/mol. The molecule has 52 heavy (non-hydrogen) atoms. The van der Waals surface area contributed by atoms with Gasteiger partial charge in [-0.1, -0.05) is 36.4 Å². The molecule has 0 aromatic heterocycles. The van der Waals surface area contributed by atoms with Crippen LogP contribution in [-0.4, -0.2) is 54.0 Å². The topological polar surface area (TPSA) is 117 Å². The summed E-state index contributed by atoms with van der Waals surface area (Å²) in [6.45, 7) is -0.554. The predicted molar refractivity (Wildman–Crippen MR) is 187 cm³/mol. The Bertz CT molecular complexity index is 1920. The fourth-order valence-electron chi connectivity index (χ4n) is 7.50. The lowest BCUT2D eigenvalue weighted by atomic mass is 9.58. The van der Waals surface area contributed by atoms with E-state index in [1.165, 1.54) is 7.11 Å². The molecule has 274 valence electrons. The smallest absolute Gasteiger partial charge is 0.455 e. The number of nitrogens with zero attached hydrogens (tertiary/aromatic N) is 1. The molecule has 0 radical (unpaired) electrons. The van der Waals surface area contributed by atoms with Crippen molar-refractivity contribution in [2.45, 2.75) is 44.0 Å². The van der Waals surface area contributed by atoms with Gasteiger partial charge in [0.25, 0.3) is 0 Å². The van der Waals surface area contributed by atoms with Gasteiger partial charge in [-0.3, -0.25) is 9.59 Å². The zero-order chi connectivity index (χ0) is 37.7. The SMILES string of the molecule is COc1cc(/C=C(/CC[C@H]2OB(O)C[C@H]3C2=C(CO)C[C@H]2C(=O)N(c4cc(C(F)(F)F)cc(C(F)(F)F)c4)C(=O)[C@H]23)c2ccccc2)cc(I)c1O. The number of phenols is 1. The highest BCUT2D eigenvalue weighted by molar-refractivity contribution is 14.1. The second-order valence-electron chi connectivity index (χ2n) is 12.9. The Balaban J connectivity index is 1.34. The summed E-state index contributed by atoms with van der Waals surface area (Å²) >= 11 is 1.98. The summed E-state index contributed by atoms with van der Waals surface area (Å²) in [7, 11) is 0.00770. The number of allylic oxidation sites excluding steroid dienone is 1. The van der Waals surface area contributed by atoms with E-state index in [2.05, 4.69) is 0 Å². The van der Waals surface area contributed by atoms with E-state index in [1.54, 1.807) is 12.1 Å². The number of anilines is 1. The summed E-state index contributed by atoms with van der Waals surface area (Å²) in [6, 6.07) is 13.4. The van der Waals surface area contributed by atoms with Crippen molar-refractivity contribution in [2.24, 2.45) is 17.8 Å². The summed E-state index contributed by atoms with van der Waals surface area (Å²) < 4.78 is 94.0.